The molecule has 1 aromatic heterocycles. The molecular weight excluding hydrogens is 491 g/mol. The summed E-state index contributed by atoms with van der Waals surface area (Å²) in [5, 5.41) is 3.11. The van der Waals surface area contributed by atoms with Crippen LogP contribution in [0.5, 0.6) is 5.75 Å². The molecule has 0 bridgehead atoms. The maximum atomic E-state index is 13.6. The number of thiophene rings is 1. The summed E-state index contributed by atoms with van der Waals surface area (Å²) < 4.78 is 6.06. The molecule has 8 heteroatoms. The number of hydrogen-bond donors (Lipinski definition) is 0. The molecule has 1 fully saturated rings. The van der Waals surface area contributed by atoms with Crippen molar-refractivity contribution >= 4 is 46.4 Å². The van der Waals surface area contributed by atoms with Crippen LogP contribution in [0.25, 0.3) is 0 Å². The second kappa shape index (κ2) is 9.98. The molecule has 2 amide bonds. The molecule has 2 aromatic carbocycles. The highest BCUT2D eigenvalue weighted by molar-refractivity contribution is 7.10. The first-order valence-corrected chi connectivity index (χ1v) is 12.9. The molecule has 2 aliphatic rings. The Hall–Kier alpha value is -2.54. The third-order valence-corrected chi connectivity index (χ3v) is 7.87. The minimum Gasteiger partial charge on any atom is -0.491 e. The van der Waals surface area contributed by atoms with Crippen LogP contribution in [0.1, 0.15) is 39.7 Å². The summed E-state index contributed by atoms with van der Waals surface area (Å²) in [4.78, 5) is 31.7. The molecule has 34 heavy (non-hydrogen) atoms. The van der Waals surface area contributed by atoms with E-state index < -0.39 is 0 Å². The molecule has 5 nitrogen and oxygen atoms in total. The smallest absolute Gasteiger partial charge is 0.256 e. The van der Waals surface area contributed by atoms with E-state index in [0.717, 1.165) is 24.8 Å². The fourth-order valence-corrected chi connectivity index (χ4v) is 5.63. The van der Waals surface area contributed by atoms with Crippen molar-refractivity contribution in [2.45, 2.75) is 31.3 Å². The maximum Gasteiger partial charge on any atom is 0.256 e. The second-order valence-electron chi connectivity index (χ2n) is 8.56. The third kappa shape index (κ3) is 4.95. The summed E-state index contributed by atoms with van der Waals surface area (Å²) in [6.07, 6.45) is 2.61. The highest BCUT2D eigenvalue weighted by Gasteiger charge is 2.38. The molecule has 1 aliphatic carbocycles. The molecule has 5 rings (SSSR count). The van der Waals surface area contributed by atoms with Crippen LogP contribution in [0.15, 0.2) is 60.0 Å². The van der Waals surface area contributed by atoms with Crippen LogP contribution in [0, 0.1) is 0 Å². The van der Waals surface area contributed by atoms with Crippen molar-refractivity contribution in [1.29, 1.82) is 0 Å². The lowest BCUT2D eigenvalue weighted by Crippen LogP contribution is -2.48. The summed E-state index contributed by atoms with van der Waals surface area (Å²) in [5.74, 6) is 0.435. The van der Waals surface area contributed by atoms with Crippen LogP contribution in [0.4, 0.5) is 0 Å². The van der Waals surface area contributed by atoms with Gasteiger partial charge in [0.05, 0.1) is 16.6 Å². The SMILES string of the molecule is O=C(c1ccccc1Cl)N(CC(=O)N1CCc2sccc2[C@H]1COc1ccc(Cl)cc1)C1CC1. The first kappa shape index (κ1) is 23.2. The summed E-state index contributed by atoms with van der Waals surface area (Å²) in [6.45, 7) is 0.963. The molecule has 0 spiro atoms. The number of fused-ring (bicyclic) bond motifs is 1. The van der Waals surface area contributed by atoms with Gasteiger partial charge in [0.2, 0.25) is 5.91 Å². The number of amides is 2. The quantitative estimate of drug-likeness (QED) is 0.396. The van der Waals surface area contributed by atoms with Crippen molar-refractivity contribution in [1.82, 2.24) is 9.80 Å². The average molecular weight is 515 g/mol. The lowest BCUT2D eigenvalue weighted by Gasteiger charge is -2.37. The Kier molecular flexibility index (Phi) is 6.82. The van der Waals surface area contributed by atoms with E-state index in [4.69, 9.17) is 27.9 Å². The van der Waals surface area contributed by atoms with Gasteiger partial charge in [-0.2, -0.15) is 0 Å². The molecule has 1 aliphatic heterocycles. The van der Waals surface area contributed by atoms with E-state index in [2.05, 4.69) is 11.4 Å². The lowest BCUT2D eigenvalue weighted by atomic mass is 10.0. The van der Waals surface area contributed by atoms with E-state index >= 15 is 0 Å². The Morgan fingerprint density at radius 1 is 1.06 bits per heavy atom. The number of hydrogen-bond acceptors (Lipinski definition) is 4. The molecule has 0 saturated heterocycles. The minimum atomic E-state index is -0.213. The Morgan fingerprint density at radius 3 is 2.56 bits per heavy atom. The van der Waals surface area contributed by atoms with Gasteiger partial charge in [0.15, 0.2) is 0 Å². The molecule has 3 aromatic rings. The van der Waals surface area contributed by atoms with Gasteiger partial charge in [0, 0.05) is 22.5 Å². The fraction of sp³-hybridized carbons (Fsp3) is 0.308. The summed E-state index contributed by atoms with van der Waals surface area (Å²) in [6, 6.07) is 16.2. The van der Waals surface area contributed by atoms with Crippen molar-refractivity contribution < 1.29 is 14.3 Å². The van der Waals surface area contributed by atoms with E-state index in [-0.39, 0.29) is 30.4 Å². The molecule has 1 atom stereocenters. The fourth-order valence-electron chi connectivity index (χ4n) is 4.36. The van der Waals surface area contributed by atoms with E-state index in [1.165, 1.54) is 4.88 Å². The highest BCUT2D eigenvalue weighted by atomic mass is 35.5. The number of benzene rings is 2. The normalized spacial score (nSPS) is 17.2. The Labute approximate surface area is 212 Å². The topological polar surface area (TPSA) is 49.9 Å². The maximum absolute atomic E-state index is 13.6. The summed E-state index contributed by atoms with van der Waals surface area (Å²) >= 11 is 14.0. The number of ether oxygens (including phenoxy) is 1. The first-order chi connectivity index (χ1) is 16.5. The van der Waals surface area contributed by atoms with Crippen LogP contribution in [0.2, 0.25) is 10.0 Å². The molecule has 1 saturated carbocycles. The molecule has 2 heterocycles. The first-order valence-electron chi connectivity index (χ1n) is 11.3. The van der Waals surface area contributed by atoms with Gasteiger partial charge in [-0.3, -0.25) is 9.59 Å². The molecule has 176 valence electrons. The van der Waals surface area contributed by atoms with Gasteiger partial charge < -0.3 is 14.5 Å². The molecule has 0 unspecified atom stereocenters. The standard InChI is InChI=1S/C26H24Cl2N2O3S/c27-17-5-9-19(10-6-17)33-16-23-21-12-14-34-24(21)11-13-29(23)25(31)15-30(18-7-8-18)26(32)20-3-1-2-4-22(20)28/h1-6,9-10,12,14,18,23H,7-8,11,13,15-16H2/t23-/m1/s1. The zero-order chi connectivity index (χ0) is 23.7. The zero-order valence-corrected chi connectivity index (χ0v) is 20.8. The molecule has 0 radical (unpaired) electrons. The lowest BCUT2D eigenvalue weighted by molar-refractivity contribution is -0.135. The third-order valence-electron chi connectivity index (χ3n) is 6.30. The monoisotopic (exact) mass is 514 g/mol. The highest BCUT2D eigenvalue weighted by Crippen LogP contribution is 2.35. The van der Waals surface area contributed by atoms with Crippen LogP contribution < -0.4 is 4.74 Å². The van der Waals surface area contributed by atoms with Crippen molar-refractivity contribution in [3.8, 4) is 5.75 Å². The number of halogens is 2. The number of carbonyl (C=O) groups excluding carboxylic acids is 2. The Balaban J connectivity index is 1.34. The van der Waals surface area contributed by atoms with Gasteiger partial charge in [0.25, 0.3) is 5.91 Å². The van der Waals surface area contributed by atoms with Crippen molar-refractivity contribution in [2.24, 2.45) is 0 Å². The number of nitrogens with zero attached hydrogens (tertiary/aromatic N) is 2. The zero-order valence-electron chi connectivity index (χ0n) is 18.5. The molecule has 0 N–H and O–H groups in total. The van der Waals surface area contributed by atoms with Gasteiger partial charge in [0.1, 0.15) is 18.9 Å². The van der Waals surface area contributed by atoms with Crippen LogP contribution >= 0.6 is 34.5 Å². The van der Waals surface area contributed by atoms with Crippen molar-refractivity contribution in [2.75, 3.05) is 19.7 Å². The average Bonchev–Trinajstić information content (AvgIpc) is 3.57. The number of rotatable bonds is 7. The van der Waals surface area contributed by atoms with Crippen LogP contribution in [-0.4, -0.2) is 47.4 Å². The van der Waals surface area contributed by atoms with Crippen molar-refractivity contribution in [3.63, 3.8) is 0 Å². The predicted octanol–water partition coefficient (Wildman–Crippen LogP) is 5.86. The Bertz CT molecular complexity index is 1190. The largest absolute Gasteiger partial charge is 0.491 e. The summed E-state index contributed by atoms with van der Waals surface area (Å²) in [5.41, 5.74) is 1.55. The van der Waals surface area contributed by atoms with E-state index in [0.29, 0.717) is 34.5 Å². The van der Waals surface area contributed by atoms with Gasteiger partial charge in [-0.15, -0.1) is 11.3 Å². The van der Waals surface area contributed by atoms with Crippen LogP contribution in [0.3, 0.4) is 0 Å². The van der Waals surface area contributed by atoms with E-state index in [1.807, 2.05) is 17.0 Å². The van der Waals surface area contributed by atoms with Crippen LogP contribution in [-0.2, 0) is 11.2 Å². The summed E-state index contributed by atoms with van der Waals surface area (Å²) in [7, 11) is 0. The number of carbonyl (C=O) groups is 2. The van der Waals surface area contributed by atoms with Gasteiger partial charge in [-0.1, -0.05) is 35.3 Å². The minimum absolute atomic E-state index is 0.0334. The molecular formula is C26H24Cl2N2O3S. The Morgan fingerprint density at radius 2 is 1.82 bits per heavy atom. The second-order valence-corrected chi connectivity index (χ2v) is 10.4. The van der Waals surface area contributed by atoms with Gasteiger partial charge in [-0.05, 0) is 72.7 Å². The van der Waals surface area contributed by atoms with E-state index in [1.54, 1.807) is 52.6 Å². The van der Waals surface area contributed by atoms with Gasteiger partial charge >= 0.3 is 0 Å². The van der Waals surface area contributed by atoms with E-state index in [9.17, 15) is 9.59 Å². The van der Waals surface area contributed by atoms with Crippen molar-refractivity contribution in [3.05, 3.63) is 86.0 Å². The predicted molar refractivity (Wildman–Crippen MR) is 135 cm³/mol. The van der Waals surface area contributed by atoms with Gasteiger partial charge in [-0.25, -0.2) is 0 Å².